The minimum atomic E-state index is 0.420. The third-order valence-corrected chi connectivity index (χ3v) is 5.49. The van der Waals surface area contributed by atoms with Crippen LogP contribution in [0.5, 0.6) is 0 Å². The van der Waals surface area contributed by atoms with Crippen molar-refractivity contribution in [2.75, 3.05) is 13.1 Å². The van der Waals surface area contributed by atoms with E-state index in [0.717, 1.165) is 31.4 Å². The highest BCUT2D eigenvalue weighted by molar-refractivity contribution is 7.16. The standard InChI is InChI=1S/C17H20N4S/c1-12(13-3-4-17-16(9-13)18-11-22-17)21-7-5-14-10-20(2)19-15(14)6-8-21/h3-4,9-12H,5-8H2,1-2H3. The molecule has 0 aliphatic carbocycles. The minimum absolute atomic E-state index is 0.420. The molecular weight excluding hydrogens is 292 g/mol. The fourth-order valence-electron chi connectivity index (χ4n) is 3.36. The van der Waals surface area contributed by atoms with E-state index in [9.17, 15) is 0 Å². The summed E-state index contributed by atoms with van der Waals surface area (Å²) in [5.41, 5.74) is 7.08. The summed E-state index contributed by atoms with van der Waals surface area (Å²) in [6.45, 7) is 4.46. The van der Waals surface area contributed by atoms with Gasteiger partial charge in [-0.05, 0) is 36.6 Å². The van der Waals surface area contributed by atoms with Gasteiger partial charge >= 0.3 is 0 Å². The first-order valence-corrected chi connectivity index (χ1v) is 8.67. The number of hydrogen-bond acceptors (Lipinski definition) is 4. The van der Waals surface area contributed by atoms with Gasteiger partial charge < -0.3 is 0 Å². The van der Waals surface area contributed by atoms with Crippen LogP contribution in [0.2, 0.25) is 0 Å². The third kappa shape index (κ3) is 2.44. The summed E-state index contributed by atoms with van der Waals surface area (Å²) >= 11 is 1.71. The van der Waals surface area contributed by atoms with Gasteiger partial charge in [0.15, 0.2) is 0 Å². The molecule has 0 amide bonds. The Bertz CT molecular complexity index is 778. The van der Waals surface area contributed by atoms with Gasteiger partial charge in [0.2, 0.25) is 0 Å². The summed E-state index contributed by atoms with van der Waals surface area (Å²) in [6, 6.07) is 7.12. The van der Waals surface area contributed by atoms with E-state index in [2.05, 4.69) is 46.3 Å². The lowest BCUT2D eigenvalue weighted by Crippen LogP contribution is -2.29. The molecule has 1 aliphatic heterocycles. The molecule has 0 N–H and O–H groups in total. The molecule has 114 valence electrons. The molecule has 3 heterocycles. The molecule has 0 saturated carbocycles. The molecule has 0 saturated heterocycles. The Kier molecular flexibility index (Phi) is 3.47. The molecule has 0 fully saturated rings. The lowest BCUT2D eigenvalue weighted by atomic mass is 10.1. The molecule has 0 radical (unpaired) electrons. The number of aryl methyl sites for hydroxylation is 1. The Balaban J connectivity index is 1.55. The van der Waals surface area contributed by atoms with Crippen LogP contribution in [0.1, 0.15) is 29.8 Å². The Labute approximate surface area is 134 Å². The van der Waals surface area contributed by atoms with Crippen LogP contribution in [-0.4, -0.2) is 32.8 Å². The first kappa shape index (κ1) is 13.9. The van der Waals surface area contributed by atoms with E-state index in [0.29, 0.717) is 6.04 Å². The summed E-state index contributed by atoms with van der Waals surface area (Å²) in [5.74, 6) is 0. The SMILES string of the molecule is CC(c1ccc2scnc2c1)N1CCc2cn(C)nc2CC1. The van der Waals surface area contributed by atoms with Crippen molar-refractivity contribution >= 4 is 21.6 Å². The van der Waals surface area contributed by atoms with E-state index >= 15 is 0 Å². The van der Waals surface area contributed by atoms with E-state index in [-0.39, 0.29) is 0 Å². The van der Waals surface area contributed by atoms with Crippen LogP contribution in [0.3, 0.4) is 0 Å². The first-order chi connectivity index (χ1) is 10.7. The molecular formula is C17H20N4S. The number of hydrogen-bond donors (Lipinski definition) is 0. The second-order valence-electron chi connectivity index (χ2n) is 6.07. The van der Waals surface area contributed by atoms with Gasteiger partial charge in [0.05, 0.1) is 21.4 Å². The molecule has 1 aliphatic rings. The Hall–Kier alpha value is -1.72. The number of rotatable bonds is 2. The van der Waals surface area contributed by atoms with Crippen molar-refractivity contribution in [3.8, 4) is 0 Å². The van der Waals surface area contributed by atoms with E-state index in [1.165, 1.54) is 21.5 Å². The van der Waals surface area contributed by atoms with E-state index in [4.69, 9.17) is 0 Å². The number of fused-ring (bicyclic) bond motifs is 2. The maximum Gasteiger partial charge on any atom is 0.0815 e. The summed E-state index contributed by atoms with van der Waals surface area (Å²) in [5, 5.41) is 4.59. The van der Waals surface area contributed by atoms with Crippen molar-refractivity contribution in [2.24, 2.45) is 7.05 Å². The Morgan fingerprint density at radius 1 is 1.23 bits per heavy atom. The van der Waals surface area contributed by atoms with Crippen molar-refractivity contribution in [3.05, 3.63) is 46.7 Å². The van der Waals surface area contributed by atoms with Crippen molar-refractivity contribution < 1.29 is 0 Å². The molecule has 0 spiro atoms. The van der Waals surface area contributed by atoms with Crippen LogP contribution in [0.15, 0.2) is 29.9 Å². The average Bonchev–Trinajstić information content (AvgIpc) is 3.07. The fourth-order valence-corrected chi connectivity index (χ4v) is 4.02. The van der Waals surface area contributed by atoms with Gasteiger partial charge in [-0.3, -0.25) is 9.58 Å². The van der Waals surface area contributed by atoms with Crippen LogP contribution in [-0.2, 0) is 19.9 Å². The molecule has 1 atom stereocenters. The Morgan fingerprint density at radius 3 is 3.00 bits per heavy atom. The highest BCUT2D eigenvalue weighted by Crippen LogP contribution is 2.27. The van der Waals surface area contributed by atoms with Gasteiger partial charge in [0.25, 0.3) is 0 Å². The van der Waals surface area contributed by atoms with Crippen molar-refractivity contribution in [2.45, 2.75) is 25.8 Å². The van der Waals surface area contributed by atoms with Crippen LogP contribution < -0.4 is 0 Å². The van der Waals surface area contributed by atoms with Gasteiger partial charge in [0, 0.05) is 38.8 Å². The zero-order valence-corrected chi connectivity index (χ0v) is 13.8. The Morgan fingerprint density at radius 2 is 2.09 bits per heavy atom. The van der Waals surface area contributed by atoms with Crippen LogP contribution >= 0.6 is 11.3 Å². The van der Waals surface area contributed by atoms with Gasteiger partial charge in [-0.2, -0.15) is 5.10 Å². The lowest BCUT2D eigenvalue weighted by molar-refractivity contribution is 0.220. The van der Waals surface area contributed by atoms with E-state index < -0.39 is 0 Å². The largest absolute Gasteiger partial charge is 0.296 e. The van der Waals surface area contributed by atoms with E-state index in [1.54, 1.807) is 11.3 Å². The number of aromatic nitrogens is 3. The third-order valence-electron chi connectivity index (χ3n) is 4.68. The normalized spacial score (nSPS) is 17.4. The van der Waals surface area contributed by atoms with Crippen LogP contribution in [0, 0.1) is 0 Å². The second kappa shape index (κ2) is 5.48. The zero-order valence-electron chi connectivity index (χ0n) is 13.0. The van der Waals surface area contributed by atoms with Crippen molar-refractivity contribution in [1.82, 2.24) is 19.7 Å². The molecule has 0 bridgehead atoms. The van der Waals surface area contributed by atoms with Crippen molar-refractivity contribution in [3.63, 3.8) is 0 Å². The average molecular weight is 312 g/mol. The quantitative estimate of drug-likeness (QED) is 0.729. The van der Waals surface area contributed by atoms with Crippen LogP contribution in [0.25, 0.3) is 10.2 Å². The fraction of sp³-hybridized carbons (Fsp3) is 0.412. The topological polar surface area (TPSA) is 34.0 Å². The summed E-state index contributed by atoms with van der Waals surface area (Å²) < 4.78 is 3.21. The van der Waals surface area contributed by atoms with Crippen molar-refractivity contribution in [1.29, 1.82) is 0 Å². The lowest BCUT2D eigenvalue weighted by Gasteiger charge is -2.28. The number of nitrogens with zero attached hydrogens (tertiary/aromatic N) is 4. The molecule has 3 aromatic rings. The van der Waals surface area contributed by atoms with Gasteiger partial charge in [-0.1, -0.05) is 6.07 Å². The van der Waals surface area contributed by atoms with Gasteiger partial charge in [-0.15, -0.1) is 11.3 Å². The molecule has 5 heteroatoms. The number of thiazole rings is 1. The van der Waals surface area contributed by atoms with E-state index in [1.807, 2.05) is 17.2 Å². The predicted octanol–water partition coefficient (Wildman–Crippen LogP) is 3.19. The van der Waals surface area contributed by atoms with Gasteiger partial charge in [0.1, 0.15) is 0 Å². The summed E-state index contributed by atoms with van der Waals surface area (Å²) in [7, 11) is 2.01. The highest BCUT2D eigenvalue weighted by atomic mass is 32.1. The molecule has 1 aromatic carbocycles. The van der Waals surface area contributed by atoms with Crippen LogP contribution in [0.4, 0.5) is 0 Å². The minimum Gasteiger partial charge on any atom is -0.296 e. The molecule has 4 nitrogen and oxygen atoms in total. The predicted molar refractivity (Wildman–Crippen MR) is 90.2 cm³/mol. The summed E-state index contributed by atoms with van der Waals surface area (Å²) in [6.07, 6.45) is 4.30. The summed E-state index contributed by atoms with van der Waals surface area (Å²) in [4.78, 5) is 7.01. The molecule has 2 aromatic heterocycles. The second-order valence-corrected chi connectivity index (χ2v) is 6.95. The zero-order chi connectivity index (χ0) is 15.1. The highest BCUT2D eigenvalue weighted by Gasteiger charge is 2.21. The maximum absolute atomic E-state index is 4.59. The molecule has 1 unspecified atom stereocenters. The molecule has 22 heavy (non-hydrogen) atoms. The smallest absolute Gasteiger partial charge is 0.0815 e. The number of benzene rings is 1. The first-order valence-electron chi connectivity index (χ1n) is 7.79. The van der Waals surface area contributed by atoms with Gasteiger partial charge in [-0.25, -0.2) is 4.98 Å². The maximum atomic E-state index is 4.59. The monoisotopic (exact) mass is 312 g/mol. The molecule has 4 rings (SSSR count).